The second kappa shape index (κ2) is 2.90. The number of aromatic amines is 1. The molecule has 1 N–H and O–H groups in total. The molecule has 2 rings (SSSR count). The molecule has 0 saturated heterocycles. The fourth-order valence-corrected chi connectivity index (χ4v) is 1.30. The van der Waals surface area contributed by atoms with Crippen LogP contribution in [0.2, 0.25) is 0 Å². The van der Waals surface area contributed by atoms with E-state index >= 15 is 0 Å². The number of aromatic nitrogens is 2. The standard InChI is InChI=1S/C9H8N2O2/c1-13-11-6-2-3-7-4-5-10-9(12)8(7)11/h2-6H,1H3/p+1. The first kappa shape index (κ1) is 7.79. The van der Waals surface area contributed by atoms with Gasteiger partial charge in [0.2, 0.25) is 6.20 Å². The second-order valence-corrected chi connectivity index (χ2v) is 2.63. The van der Waals surface area contributed by atoms with Crippen LogP contribution < -0.4 is 15.1 Å². The first-order valence-electron chi connectivity index (χ1n) is 3.89. The SMILES string of the molecule is CO[n+]1cccc2cc[nH]c(=O)c21. The molecule has 0 radical (unpaired) electrons. The van der Waals surface area contributed by atoms with Gasteiger partial charge in [0.25, 0.3) is 0 Å². The lowest BCUT2D eigenvalue weighted by molar-refractivity contribution is -0.865. The largest absolute Gasteiger partial charge is 0.329 e. The Bertz CT molecular complexity index is 485. The third kappa shape index (κ3) is 1.16. The molecule has 2 aromatic rings. The minimum absolute atomic E-state index is 0.153. The van der Waals surface area contributed by atoms with E-state index < -0.39 is 0 Å². The molecule has 0 fully saturated rings. The van der Waals surface area contributed by atoms with Crippen molar-refractivity contribution in [1.29, 1.82) is 0 Å². The lowest BCUT2D eigenvalue weighted by Gasteiger charge is -1.94. The zero-order chi connectivity index (χ0) is 9.26. The molecule has 0 amide bonds. The van der Waals surface area contributed by atoms with E-state index in [9.17, 15) is 4.79 Å². The van der Waals surface area contributed by atoms with Gasteiger partial charge < -0.3 is 4.98 Å². The average Bonchev–Trinajstić information content (AvgIpc) is 2.17. The summed E-state index contributed by atoms with van der Waals surface area (Å²) in [5, 5.41) is 0.855. The minimum Gasteiger partial charge on any atom is -0.323 e. The normalized spacial score (nSPS) is 10.2. The van der Waals surface area contributed by atoms with Crippen molar-refractivity contribution in [2.75, 3.05) is 7.11 Å². The van der Waals surface area contributed by atoms with Gasteiger partial charge in [-0.2, -0.15) is 0 Å². The Labute approximate surface area is 74.4 Å². The molecule has 4 heteroatoms. The van der Waals surface area contributed by atoms with E-state index in [1.54, 1.807) is 12.4 Å². The van der Waals surface area contributed by atoms with Crippen LogP contribution in [0.3, 0.4) is 0 Å². The van der Waals surface area contributed by atoms with E-state index in [0.717, 1.165) is 5.39 Å². The van der Waals surface area contributed by atoms with Crippen LogP contribution in [-0.4, -0.2) is 12.1 Å². The molecule has 0 aliphatic carbocycles. The van der Waals surface area contributed by atoms with Crippen molar-refractivity contribution in [1.82, 2.24) is 4.98 Å². The van der Waals surface area contributed by atoms with E-state index in [2.05, 4.69) is 4.98 Å². The molecule has 0 atom stereocenters. The summed E-state index contributed by atoms with van der Waals surface area (Å²) in [6, 6.07) is 5.51. The average molecular weight is 177 g/mol. The first-order chi connectivity index (χ1) is 6.33. The molecular formula is C9H9N2O2+. The highest BCUT2D eigenvalue weighted by Gasteiger charge is 2.11. The molecule has 0 bridgehead atoms. The predicted molar refractivity (Wildman–Crippen MR) is 47.3 cm³/mol. The van der Waals surface area contributed by atoms with Gasteiger partial charge in [-0.3, -0.25) is 9.63 Å². The highest BCUT2D eigenvalue weighted by atomic mass is 16.6. The number of fused-ring (bicyclic) bond motifs is 1. The van der Waals surface area contributed by atoms with Crippen LogP contribution in [0.4, 0.5) is 0 Å². The maximum absolute atomic E-state index is 11.4. The van der Waals surface area contributed by atoms with E-state index in [1.165, 1.54) is 11.8 Å². The molecule has 13 heavy (non-hydrogen) atoms. The van der Waals surface area contributed by atoms with Crippen molar-refractivity contribution in [3.63, 3.8) is 0 Å². The lowest BCUT2D eigenvalue weighted by atomic mass is 10.3. The molecule has 0 saturated carbocycles. The molecule has 0 aromatic carbocycles. The number of hydrogen-bond acceptors (Lipinski definition) is 2. The smallest absolute Gasteiger partial charge is 0.323 e. The Morgan fingerprint density at radius 2 is 2.31 bits per heavy atom. The second-order valence-electron chi connectivity index (χ2n) is 2.63. The molecule has 0 aliphatic heterocycles. The van der Waals surface area contributed by atoms with Crippen LogP contribution in [0.1, 0.15) is 0 Å². The monoisotopic (exact) mass is 177 g/mol. The molecule has 2 aromatic heterocycles. The van der Waals surface area contributed by atoms with Crippen LogP contribution in [-0.2, 0) is 0 Å². The summed E-state index contributed by atoms with van der Waals surface area (Å²) in [6.07, 6.45) is 3.31. The topological polar surface area (TPSA) is 46.0 Å². The molecule has 4 nitrogen and oxygen atoms in total. The van der Waals surface area contributed by atoms with Crippen LogP contribution >= 0.6 is 0 Å². The van der Waals surface area contributed by atoms with E-state index in [-0.39, 0.29) is 5.56 Å². The van der Waals surface area contributed by atoms with E-state index in [0.29, 0.717) is 5.52 Å². The number of nitrogens with zero attached hydrogens (tertiary/aromatic N) is 1. The molecular weight excluding hydrogens is 168 g/mol. The fraction of sp³-hybridized carbons (Fsp3) is 0.111. The van der Waals surface area contributed by atoms with Gasteiger partial charge in [-0.1, -0.05) is 0 Å². The number of nitrogens with one attached hydrogen (secondary N) is 1. The Morgan fingerprint density at radius 3 is 3.08 bits per heavy atom. The van der Waals surface area contributed by atoms with Gasteiger partial charge >= 0.3 is 11.1 Å². The van der Waals surface area contributed by atoms with Crippen molar-refractivity contribution in [3.05, 3.63) is 40.9 Å². The van der Waals surface area contributed by atoms with Crippen molar-refractivity contribution in [3.8, 4) is 0 Å². The predicted octanol–water partition coefficient (Wildman–Crippen LogP) is -0.126. The minimum atomic E-state index is -0.153. The molecule has 66 valence electrons. The van der Waals surface area contributed by atoms with Crippen molar-refractivity contribution >= 4 is 10.9 Å². The summed E-state index contributed by atoms with van der Waals surface area (Å²) in [4.78, 5) is 19.0. The van der Waals surface area contributed by atoms with Gasteiger partial charge in [0.15, 0.2) is 0 Å². The summed E-state index contributed by atoms with van der Waals surface area (Å²) < 4.78 is 1.44. The summed E-state index contributed by atoms with van der Waals surface area (Å²) >= 11 is 0. The first-order valence-corrected chi connectivity index (χ1v) is 3.89. The van der Waals surface area contributed by atoms with E-state index in [4.69, 9.17) is 4.84 Å². The molecule has 0 aliphatic rings. The summed E-state index contributed by atoms with van der Waals surface area (Å²) in [6.45, 7) is 0. The van der Waals surface area contributed by atoms with Crippen LogP contribution in [0.25, 0.3) is 10.9 Å². The fourth-order valence-electron chi connectivity index (χ4n) is 1.30. The van der Waals surface area contributed by atoms with Crippen molar-refractivity contribution in [2.45, 2.75) is 0 Å². The Morgan fingerprint density at radius 1 is 1.46 bits per heavy atom. The van der Waals surface area contributed by atoms with Crippen LogP contribution in [0, 0.1) is 0 Å². The summed E-state index contributed by atoms with van der Waals surface area (Å²) in [5.41, 5.74) is 0.368. The lowest BCUT2D eigenvalue weighted by Crippen LogP contribution is -2.43. The van der Waals surface area contributed by atoms with Gasteiger partial charge in [0.05, 0.1) is 5.39 Å². The highest BCUT2D eigenvalue weighted by Crippen LogP contribution is 2.00. The Kier molecular flexibility index (Phi) is 1.73. The zero-order valence-corrected chi connectivity index (χ0v) is 7.15. The Hall–Kier alpha value is -1.84. The summed E-state index contributed by atoms with van der Waals surface area (Å²) in [7, 11) is 1.52. The number of rotatable bonds is 1. The Balaban J connectivity index is 2.95. The number of hydrogen-bond donors (Lipinski definition) is 1. The third-order valence-electron chi connectivity index (χ3n) is 1.88. The van der Waals surface area contributed by atoms with Crippen molar-refractivity contribution in [2.24, 2.45) is 0 Å². The highest BCUT2D eigenvalue weighted by molar-refractivity contribution is 5.73. The molecule has 2 heterocycles. The molecule has 0 spiro atoms. The molecule has 0 unspecified atom stereocenters. The van der Waals surface area contributed by atoms with Crippen molar-refractivity contribution < 1.29 is 9.57 Å². The summed E-state index contributed by atoms with van der Waals surface area (Å²) in [5.74, 6) is 0. The quantitative estimate of drug-likeness (QED) is 0.617. The zero-order valence-electron chi connectivity index (χ0n) is 7.15. The number of H-pyrrole nitrogens is 1. The third-order valence-corrected chi connectivity index (χ3v) is 1.88. The van der Waals surface area contributed by atoms with Gasteiger partial charge in [0, 0.05) is 17.0 Å². The van der Waals surface area contributed by atoms with Crippen LogP contribution in [0.15, 0.2) is 35.4 Å². The van der Waals surface area contributed by atoms with Gasteiger partial charge in [-0.25, -0.2) is 0 Å². The van der Waals surface area contributed by atoms with Crippen LogP contribution in [0.5, 0.6) is 0 Å². The van der Waals surface area contributed by atoms with Gasteiger partial charge in [0.1, 0.15) is 7.11 Å². The maximum Gasteiger partial charge on any atom is 0.329 e. The van der Waals surface area contributed by atoms with E-state index in [1.807, 2.05) is 18.2 Å². The maximum atomic E-state index is 11.4. The number of pyridine rings is 2. The van der Waals surface area contributed by atoms with Gasteiger partial charge in [-0.05, 0) is 12.1 Å². The van der Waals surface area contributed by atoms with Gasteiger partial charge in [-0.15, -0.1) is 0 Å².